The molecule has 0 saturated carbocycles. The fourth-order valence-corrected chi connectivity index (χ4v) is 3.48. The summed E-state index contributed by atoms with van der Waals surface area (Å²) in [5, 5.41) is 2.64. The van der Waals surface area contributed by atoms with Crippen LogP contribution in [0.2, 0.25) is 0 Å². The van der Waals surface area contributed by atoms with Gasteiger partial charge in [0.1, 0.15) is 10.5 Å². The minimum Gasteiger partial charge on any atom is -0.456 e. The zero-order valence-corrected chi connectivity index (χ0v) is 11.4. The molecular weight excluding hydrogens is 256 g/mol. The predicted molar refractivity (Wildman–Crippen MR) is 70.3 cm³/mol. The molecule has 2 aromatic heterocycles. The van der Waals surface area contributed by atoms with Crippen molar-refractivity contribution in [3.05, 3.63) is 21.9 Å². The summed E-state index contributed by atoms with van der Waals surface area (Å²) >= 11 is 2.84. The van der Waals surface area contributed by atoms with Crippen LogP contribution in [-0.4, -0.2) is 17.9 Å². The monoisotopic (exact) mass is 268 g/mol. The molecule has 0 aromatic carbocycles. The standard InChI is InChI=1S/C12H12O3S2/c1-12(2,3)15-10(14)9-4-8-7(5-13)6-16-11(8)17-9/h4-6H,1-3H3. The van der Waals surface area contributed by atoms with Crippen molar-refractivity contribution in [2.24, 2.45) is 0 Å². The van der Waals surface area contributed by atoms with Gasteiger partial charge in [-0.3, -0.25) is 4.79 Å². The van der Waals surface area contributed by atoms with Crippen molar-refractivity contribution in [1.29, 1.82) is 0 Å². The molecule has 0 saturated heterocycles. The molecule has 0 atom stereocenters. The maximum Gasteiger partial charge on any atom is 0.348 e. The Morgan fingerprint density at radius 2 is 2.12 bits per heavy atom. The minimum absolute atomic E-state index is 0.331. The molecule has 90 valence electrons. The first-order valence-corrected chi connectivity index (χ1v) is 6.80. The van der Waals surface area contributed by atoms with E-state index in [1.807, 2.05) is 20.8 Å². The Bertz CT molecular complexity index is 572. The second-order valence-corrected chi connectivity index (χ2v) is 6.81. The van der Waals surface area contributed by atoms with E-state index in [1.165, 1.54) is 22.7 Å². The molecule has 2 heterocycles. The van der Waals surface area contributed by atoms with Gasteiger partial charge in [0.15, 0.2) is 6.29 Å². The van der Waals surface area contributed by atoms with E-state index >= 15 is 0 Å². The third kappa shape index (κ3) is 2.56. The maximum atomic E-state index is 11.8. The first kappa shape index (κ1) is 12.3. The molecule has 2 aromatic rings. The average Bonchev–Trinajstić information content (AvgIpc) is 2.72. The molecule has 0 amide bonds. The normalized spacial score (nSPS) is 11.7. The van der Waals surface area contributed by atoms with Gasteiger partial charge < -0.3 is 4.74 Å². The van der Waals surface area contributed by atoms with Gasteiger partial charge in [-0.05, 0) is 26.8 Å². The lowest BCUT2D eigenvalue weighted by Gasteiger charge is -2.18. The number of hydrogen-bond acceptors (Lipinski definition) is 5. The van der Waals surface area contributed by atoms with E-state index in [1.54, 1.807) is 11.4 Å². The highest BCUT2D eigenvalue weighted by atomic mass is 32.2. The Hall–Kier alpha value is -1.20. The number of fused-ring (bicyclic) bond motifs is 1. The lowest BCUT2D eigenvalue weighted by Crippen LogP contribution is -2.23. The van der Waals surface area contributed by atoms with Crippen molar-refractivity contribution in [1.82, 2.24) is 0 Å². The fraction of sp³-hybridized carbons (Fsp3) is 0.333. The van der Waals surface area contributed by atoms with Gasteiger partial charge in [0, 0.05) is 16.3 Å². The third-order valence-electron chi connectivity index (χ3n) is 2.03. The highest BCUT2D eigenvalue weighted by molar-refractivity contribution is 7.38. The summed E-state index contributed by atoms with van der Waals surface area (Å²) in [5.74, 6) is -0.331. The van der Waals surface area contributed by atoms with Gasteiger partial charge in [-0.25, -0.2) is 4.79 Å². The van der Waals surface area contributed by atoms with E-state index in [-0.39, 0.29) is 5.97 Å². The van der Waals surface area contributed by atoms with Crippen LogP contribution in [0.3, 0.4) is 0 Å². The molecule has 0 unspecified atom stereocenters. The largest absolute Gasteiger partial charge is 0.456 e. The predicted octanol–water partition coefficient (Wildman–Crippen LogP) is 3.73. The minimum atomic E-state index is -0.498. The van der Waals surface area contributed by atoms with Gasteiger partial charge in [0.25, 0.3) is 0 Å². The topological polar surface area (TPSA) is 43.4 Å². The van der Waals surface area contributed by atoms with Crippen LogP contribution in [0.15, 0.2) is 11.4 Å². The van der Waals surface area contributed by atoms with Gasteiger partial charge in [-0.1, -0.05) is 0 Å². The smallest absolute Gasteiger partial charge is 0.348 e. The Kier molecular flexibility index (Phi) is 3.05. The van der Waals surface area contributed by atoms with Crippen LogP contribution in [0.25, 0.3) is 9.40 Å². The Morgan fingerprint density at radius 3 is 2.71 bits per heavy atom. The van der Waals surface area contributed by atoms with Crippen LogP contribution in [0, 0.1) is 0 Å². The summed E-state index contributed by atoms with van der Waals surface area (Å²) in [4.78, 5) is 23.2. The molecule has 5 heteroatoms. The van der Waals surface area contributed by atoms with Gasteiger partial charge in [0.05, 0.1) is 4.01 Å². The van der Waals surface area contributed by atoms with Crippen molar-refractivity contribution in [3.8, 4) is 0 Å². The maximum absolute atomic E-state index is 11.8. The third-order valence-corrected chi connectivity index (χ3v) is 4.28. The van der Waals surface area contributed by atoms with Crippen molar-refractivity contribution in [3.63, 3.8) is 0 Å². The molecule has 0 aliphatic heterocycles. The molecule has 0 aliphatic carbocycles. The van der Waals surface area contributed by atoms with E-state index < -0.39 is 5.60 Å². The van der Waals surface area contributed by atoms with Gasteiger partial charge in [0.2, 0.25) is 0 Å². The number of hydrogen-bond donors (Lipinski definition) is 0. The second-order valence-electron chi connectivity index (χ2n) is 4.62. The molecule has 0 N–H and O–H groups in total. The SMILES string of the molecule is CC(C)(C)OC(=O)c1cc2c(C=O)csc2s1. The molecule has 0 radical (unpaired) electrons. The molecule has 0 aliphatic rings. The van der Waals surface area contributed by atoms with E-state index in [4.69, 9.17) is 4.74 Å². The second kappa shape index (κ2) is 4.23. The van der Waals surface area contributed by atoms with Crippen molar-refractivity contribution >= 4 is 44.3 Å². The van der Waals surface area contributed by atoms with Crippen LogP contribution in [0.4, 0.5) is 0 Å². The summed E-state index contributed by atoms with van der Waals surface area (Å²) in [5.41, 5.74) is 0.137. The van der Waals surface area contributed by atoms with Crippen LogP contribution in [0.5, 0.6) is 0 Å². The van der Waals surface area contributed by atoms with Crippen molar-refractivity contribution < 1.29 is 14.3 Å². The molecular formula is C12H12O3S2. The number of ether oxygens (including phenoxy) is 1. The lowest BCUT2D eigenvalue weighted by molar-refractivity contribution is 0.00752. The Morgan fingerprint density at radius 1 is 1.41 bits per heavy atom. The molecule has 3 nitrogen and oxygen atoms in total. The molecule has 0 spiro atoms. The number of thiophene rings is 2. The Labute approximate surface area is 107 Å². The van der Waals surface area contributed by atoms with Crippen LogP contribution in [-0.2, 0) is 4.74 Å². The van der Waals surface area contributed by atoms with Crippen LogP contribution < -0.4 is 0 Å². The summed E-state index contributed by atoms with van der Waals surface area (Å²) in [7, 11) is 0. The number of carbonyl (C=O) groups is 2. The highest BCUT2D eigenvalue weighted by Crippen LogP contribution is 2.34. The van der Waals surface area contributed by atoms with Gasteiger partial charge in [-0.15, -0.1) is 22.7 Å². The average molecular weight is 268 g/mol. The number of aldehydes is 1. The van der Waals surface area contributed by atoms with Crippen LogP contribution in [0.1, 0.15) is 40.8 Å². The molecule has 0 bridgehead atoms. The zero-order chi connectivity index (χ0) is 12.6. The van der Waals surface area contributed by atoms with Crippen LogP contribution >= 0.6 is 22.7 Å². The first-order chi connectivity index (χ1) is 7.90. The number of carbonyl (C=O) groups excluding carboxylic acids is 2. The lowest BCUT2D eigenvalue weighted by atomic mass is 10.2. The first-order valence-electron chi connectivity index (χ1n) is 5.10. The number of esters is 1. The van der Waals surface area contributed by atoms with E-state index in [0.29, 0.717) is 10.4 Å². The van der Waals surface area contributed by atoms with E-state index in [9.17, 15) is 9.59 Å². The van der Waals surface area contributed by atoms with E-state index in [0.717, 1.165) is 15.7 Å². The van der Waals surface area contributed by atoms with Gasteiger partial charge >= 0.3 is 5.97 Å². The molecule has 2 rings (SSSR count). The number of rotatable bonds is 2. The quantitative estimate of drug-likeness (QED) is 0.615. The summed E-state index contributed by atoms with van der Waals surface area (Å²) < 4.78 is 6.26. The summed E-state index contributed by atoms with van der Waals surface area (Å²) in [6, 6.07) is 1.73. The Balaban J connectivity index is 2.34. The summed E-state index contributed by atoms with van der Waals surface area (Å²) in [6.07, 6.45) is 0.810. The van der Waals surface area contributed by atoms with Gasteiger partial charge in [-0.2, -0.15) is 0 Å². The fourth-order valence-electron chi connectivity index (χ4n) is 1.36. The molecule has 0 fully saturated rings. The zero-order valence-electron chi connectivity index (χ0n) is 9.77. The van der Waals surface area contributed by atoms with Crippen molar-refractivity contribution in [2.45, 2.75) is 26.4 Å². The molecule has 17 heavy (non-hydrogen) atoms. The highest BCUT2D eigenvalue weighted by Gasteiger charge is 2.20. The summed E-state index contributed by atoms with van der Waals surface area (Å²) in [6.45, 7) is 5.49. The van der Waals surface area contributed by atoms with Crippen molar-refractivity contribution in [2.75, 3.05) is 0 Å². The van der Waals surface area contributed by atoms with E-state index in [2.05, 4.69) is 0 Å².